The zero-order valence-corrected chi connectivity index (χ0v) is 22.0. The van der Waals surface area contributed by atoms with Crippen LogP contribution in [0.3, 0.4) is 0 Å². The summed E-state index contributed by atoms with van der Waals surface area (Å²) in [6.07, 6.45) is 0. The quantitative estimate of drug-likeness (QED) is 0.185. The standard InChI is InChI=1S/C16H32F8O4Si4/c17-1-9-29(10-2-18)25-30(11-3-19,12-4-20)27-32(15-7-23,16-8-24)28-31(26-29,13-5-21)14-6-22/h1-16H2. The van der Waals surface area contributed by atoms with E-state index in [0.717, 1.165) is 0 Å². The second-order valence-corrected chi connectivity index (χ2v) is 22.1. The Kier molecular flexibility index (Phi) is 13.7. The fourth-order valence-corrected chi connectivity index (χ4v) is 26.8. The first-order valence-corrected chi connectivity index (χ1v) is 19.5. The number of hydrogen-bond donors (Lipinski definition) is 0. The average molecular weight is 553 g/mol. The van der Waals surface area contributed by atoms with Crippen molar-refractivity contribution in [2.75, 3.05) is 53.4 Å². The molecule has 192 valence electrons. The number of rotatable bonds is 16. The summed E-state index contributed by atoms with van der Waals surface area (Å²) in [6.45, 7) is -8.26. The minimum absolute atomic E-state index is 0.453. The maximum absolute atomic E-state index is 13.5. The van der Waals surface area contributed by atoms with Crippen molar-refractivity contribution in [1.29, 1.82) is 0 Å². The van der Waals surface area contributed by atoms with Crippen LogP contribution in [0.2, 0.25) is 48.4 Å². The SMILES string of the molecule is FCC[Si]1(CCF)O[Si](CCF)(CCF)O[Si](CCF)(CCF)O[Si](CCF)(CCF)O1. The van der Waals surface area contributed by atoms with Gasteiger partial charge in [0, 0.05) is 48.4 Å². The van der Waals surface area contributed by atoms with Crippen molar-refractivity contribution in [3.8, 4) is 0 Å². The summed E-state index contributed by atoms with van der Waals surface area (Å²) >= 11 is 0. The van der Waals surface area contributed by atoms with Gasteiger partial charge < -0.3 is 16.5 Å². The molecule has 0 aromatic heterocycles. The summed E-state index contributed by atoms with van der Waals surface area (Å²) in [7, 11) is -16.0. The molecular formula is C16H32F8O4Si4. The van der Waals surface area contributed by atoms with Crippen molar-refractivity contribution < 1.29 is 51.6 Å². The molecule has 0 bridgehead atoms. The monoisotopic (exact) mass is 552 g/mol. The zero-order valence-electron chi connectivity index (χ0n) is 18.0. The van der Waals surface area contributed by atoms with E-state index in [1.807, 2.05) is 0 Å². The van der Waals surface area contributed by atoms with Gasteiger partial charge in [-0.05, 0) is 0 Å². The number of hydrogen-bond acceptors (Lipinski definition) is 4. The molecule has 0 unspecified atom stereocenters. The molecule has 0 aromatic carbocycles. The highest BCUT2D eigenvalue weighted by Crippen LogP contribution is 2.42. The van der Waals surface area contributed by atoms with E-state index in [4.69, 9.17) is 16.5 Å². The van der Waals surface area contributed by atoms with E-state index in [9.17, 15) is 35.1 Å². The van der Waals surface area contributed by atoms with Crippen LogP contribution in [0.15, 0.2) is 0 Å². The lowest BCUT2D eigenvalue weighted by Gasteiger charge is -2.52. The van der Waals surface area contributed by atoms with Gasteiger partial charge in [-0.25, -0.2) is 0 Å². The summed E-state index contributed by atoms with van der Waals surface area (Å²) in [5.41, 5.74) is 0. The summed E-state index contributed by atoms with van der Waals surface area (Å²) in [4.78, 5) is 0. The van der Waals surface area contributed by atoms with Crippen LogP contribution in [0.1, 0.15) is 0 Å². The van der Waals surface area contributed by atoms with Gasteiger partial charge in [0.05, 0.1) is 53.4 Å². The Hall–Kier alpha value is 0.148. The van der Waals surface area contributed by atoms with E-state index >= 15 is 0 Å². The first-order valence-electron chi connectivity index (χ1n) is 10.6. The lowest BCUT2D eigenvalue weighted by atomic mass is 10.9. The highest BCUT2D eigenvalue weighted by molar-refractivity contribution is 6.95. The van der Waals surface area contributed by atoms with Crippen LogP contribution in [0.25, 0.3) is 0 Å². The van der Waals surface area contributed by atoms with Gasteiger partial charge in [0.15, 0.2) is 0 Å². The Bertz CT molecular complexity index is 400. The van der Waals surface area contributed by atoms with Crippen LogP contribution < -0.4 is 0 Å². The average Bonchev–Trinajstić information content (AvgIpc) is 2.68. The van der Waals surface area contributed by atoms with E-state index < -0.39 is 136 Å². The predicted molar refractivity (Wildman–Crippen MR) is 114 cm³/mol. The molecule has 1 aliphatic heterocycles. The Labute approximate surface area is 187 Å². The fraction of sp³-hybridized carbons (Fsp3) is 1.00. The van der Waals surface area contributed by atoms with Crippen molar-refractivity contribution in [2.24, 2.45) is 0 Å². The molecule has 1 aliphatic rings. The molecule has 0 spiro atoms. The third kappa shape index (κ3) is 8.12. The van der Waals surface area contributed by atoms with Gasteiger partial charge in [-0.3, -0.25) is 35.1 Å². The lowest BCUT2D eigenvalue weighted by Crippen LogP contribution is -2.71. The van der Waals surface area contributed by atoms with Crippen LogP contribution in [0.4, 0.5) is 35.1 Å². The number of halogens is 8. The Morgan fingerprint density at radius 3 is 0.500 bits per heavy atom. The fourth-order valence-electron chi connectivity index (χ4n) is 3.91. The molecule has 0 N–H and O–H groups in total. The van der Waals surface area contributed by atoms with Crippen LogP contribution in [0, 0.1) is 0 Å². The molecule has 0 atom stereocenters. The highest BCUT2D eigenvalue weighted by Gasteiger charge is 2.62. The first-order chi connectivity index (χ1) is 15.3. The first kappa shape index (κ1) is 30.2. The van der Waals surface area contributed by atoms with Gasteiger partial charge in [0.25, 0.3) is 0 Å². The molecule has 1 saturated heterocycles. The summed E-state index contributed by atoms with van der Waals surface area (Å²) in [5.74, 6) is 0. The normalized spacial score (nSPS) is 21.8. The Morgan fingerprint density at radius 1 is 0.281 bits per heavy atom. The zero-order chi connectivity index (χ0) is 24.1. The van der Waals surface area contributed by atoms with Crippen LogP contribution in [-0.4, -0.2) is 87.6 Å². The molecule has 1 heterocycles. The molecule has 0 saturated carbocycles. The highest BCUT2D eigenvalue weighted by atomic mass is 28.5. The van der Waals surface area contributed by atoms with E-state index in [1.54, 1.807) is 0 Å². The van der Waals surface area contributed by atoms with Crippen molar-refractivity contribution in [3.05, 3.63) is 0 Å². The molecule has 0 aliphatic carbocycles. The van der Waals surface area contributed by atoms with Crippen LogP contribution in [0.5, 0.6) is 0 Å². The van der Waals surface area contributed by atoms with Crippen LogP contribution in [-0.2, 0) is 16.5 Å². The lowest BCUT2D eigenvalue weighted by molar-refractivity contribution is 0.194. The molecule has 0 radical (unpaired) electrons. The van der Waals surface area contributed by atoms with E-state index in [1.165, 1.54) is 0 Å². The molecule has 0 aromatic rings. The van der Waals surface area contributed by atoms with Crippen molar-refractivity contribution >= 4 is 34.2 Å². The van der Waals surface area contributed by atoms with Gasteiger partial charge in [0.2, 0.25) is 0 Å². The maximum Gasteiger partial charge on any atom is 0.325 e. The van der Waals surface area contributed by atoms with Crippen molar-refractivity contribution in [2.45, 2.75) is 48.4 Å². The summed E-state index contributed by atoms with van der Waals surface area (Å²) in [6, 6.07) is -3.63. The maximum atomic E-state index is 13.5. The third-order valence-corrected chi connectivity index (χ3v) is 24.8. The smallest absolute Gasteiger partial charge is 0.325 e. The van der Waals surface area contributed by atoms with E-state index in [-0.39, 0.29) is 0 Å². The van der Waals surface area contributed by atoms with Gasteiger partial charge in [0.1, 0.15) is 0 Å². The van der Waals surface area contributed by atoms with E-state index in [0.29, 0.717) is 0 Å². The van der Waals surface area contributed by atoms with Gasteiger partial charge in [-0.2, -0.15) is 0 Å². The Balaban J connectivity index is 3.73. The second kappa shape index (κ2) is 14.5. The molecule has 0 amide bonds. The second-order valence-electron chi connectivity index (χ2n) is 7.56. The summed E-state index contributed by atoms with van der Waals surface area (Å²) < 4.78 is 133. The predicted octanol–water partition coefficient (Wildman–Crippen LogP) is 5.59. The molecule has 16 heteroatoms. The minimum Gasteiger partial charge on any atom is -0.415 e. The van der Waals surface area contributed by atoms with Crippen LogP contribution >= 0.6 is 0 Å². The number of alkyl halides is 8. The van der Waals surface area contributed by atoms with Crippen molar-refractivity contribution in [1.82, 2.24) is 0 Å². The molecule has 1 rings (SSSR count). The molecule has 32 heavy (non-hydrogen) atoms. The van der Waals surface area contributed by atoms with Gasteiger partial charge in [-0.1, -0.05) is 0 Å². The third-order valence-electron chi connectivity index (χ3n) is 5.29. The topological polar surface area (TPSA) is 36.9 Å². The van der Waals surface area contributed by atoms with Crippen molar-refractivity contribution in [3.63, 3.8) is 0 Å². The van der Waals surface area contributed by atoms with Gasteiger partial charge >= 0.3 is 34.2 Å². The molecule has 4 nitrogen and oxygen atoms in total. The van der Waals surface area contributed by atoms with Gasteiger partial charge in [-0.15, -0.1) is 0 Å². The minimum atomic E-state index is -4.00. The van der Waals surface area contributed by atoms with E-state index in [2.05, 4.69) is 0 Å². The Morgan fingerprint density at radius 2 is 0.406 bits per heavy atom. The molecular weight excluding hydrogens is 521 g/mol. The largest absolute Gasteiger partial charge is 0.415 e. The molecule has 1 fully saturated rings. The summed E-state index contributed by atoms with van der Waals surface area (Å²) in [5, 5.41) is 0.